The Balaban J connectivity index is 1.99. The van der Waals surface area contributed by atoms with Crippen LogP contribution >= 0.6 is 0 Å². The third kappa shape index (κ3) is 6.70. The first-order valence-electron chi connectivity index (χ1n) is 10.9. The number of carbonyl (C=O) groups is 1. The molecular weight excluding hydrogens is 414 g/mol. The fourth-order valence-corrected chi connectivity index (χ4v) is 3.42. The van der Waals surface area contributed by atoms with Crippen LogP contribution in [0.5, 0.6) is 5.75 Å². The summed E-state index contributed by atoms with van der Waals surface area (Å²) in [4.78, 5) is 14.5. The number of hydrogen-bond donors (Lipinski definition) is 1. The van der Waals surface area contributed by atoms with Crippen molar-refractivity contribution in [3.63, 3.8) is 0 Å². The van der Waals surface area contributed by atoms with E-state index in [0.29, 0.717) is 11.4 Å². The molecule has 0 saturated heterocycles. The average Bonchev–Trinajstić information content (AvgIpc) is 2.81. The van der Waals surface area contributed by atoms with E-state index in [1.165, 1.54) is 4.90 Å². The normalized spacial score (nSPS) is 13.4. The summed E-state index contributed by atoms with van der Waals surface area (Å²) >= 11 is 0. The predicted molar refractivity (Wildman–Crippen MR) is 131 cm³/mol. The van der Waals surface area contributed by atoms with Gasteiger partial charge in [0.15, 0.2) is 0 Å². The summed E-state index contributed by atoms with van der Waals surface area (Å²) in [5.41, 5.74) is 1.70. The summed E-state index contributed by atoms with van der Waals surface area (Å²) in [6.07, 6.45) is 2.20. The van der Waals surface area contributed by atoms with E-state index in [-0.39, 0.29) is 5.92 Å². The van der Waals surface area contributed by atoms with E-state index in [2.05, 4.69) is 0 Å². The molecule has 33 heavy (non-hydrogen) atoms. The maximum atomic E-state index is 13.1. The number of ether oxygens (including phenoxy) is 2. The molecule has 5 nitrogen and oxygen atoms in total. The number of methoxy groups -OCH3 is 1. The second-order valence-corrected chi connectivity index (χ2v) is 8.68. The summed E-state index contributed by atoms with van der Waals surface area (Å²) in [7, 11) is 1.59. The Bertz CT molecular complexity index is 1040. The molecule has 0 aliphatic rings. The summed E-state index contributed by atoms with van der Waals surface area (Å²) in [5.74, 6) is 0.310. The molecule has 2 atom stereocenters. The van der Waals surface area contributed by atoms with E-state index in [9.17, 15) is 9.90 Å². The Hall–Kier alpha value is -3.57. The van der Waals surface area contributed by atoms with E-state index >= 15 is 0 Å². The highest BCUT2D eigenvalue weighted by molar-refractivity contribution is 5.90. The Labute approximate surface area is 195 Å². The van der Waals surface area contributed by atoms with E-state index in [1.54, 1.807) is 37.6 Å². The molecule has 3 rings (SSSR count). The monoisotopic (exact) mass is 445 g/mol. The van der Waals surface area contributed by atoms with Crippen LogP contribution in [0.4, 0.5) is 10.5 Å². The zero-order valence-electron chi connectivity index (χ0n) is 19.5. The van der Waals surface area contributed by atoms with Gasteiger partial charge in [0.1, 0.15) is 11.4 Å². The van der Waals surface area contributed by atoms with E-state index in [0.717, 1.165) is 11.1 Å². The zero-order valence-corrected chi connectivity index (χ0v) is 19.5. The van der Waals surface area contributed by atoms with Gasteiger partial charge in [-0.05, 0) is 56.2 Å². The van der Waals surface area contributed by atoms with Crippen molar-refractivity contribution in [2.75, 3.05) is 12.0 Å². The summed E-state index contributed by atoms with van der Waals surface area (Å²) < 4.78 is 10.9. The minimum absolute atomic E-state index is 0.378. The van der Waals surface area contributed by atoms with Gasteiger partial charge in [-0.2, -0.15) is 0 Å². The first-order chi connectivity index (χ1) is 15.8. The van der Waals surface area contributed by atoms with Crippen molar-refractivity contribution in [3.05, 3.63) is 108 Å². The number of anilines is 1. The Morgan fingerprint density at radius 1 is 0.879 bits per heavy atom. The molecule has 0 aliphatic carbocycles. The summed E-state index contributed by atoms with van der Waals surface area (Å²) in [6.45, 7) is 5.48. The highest BCUT2D eigenvalue weighted by atomic mass is 16.6. The fourth-order valence-electron chi connectivity index (χ4n) is 3.42. The van der Waals surface area contributed by atoms with Gasteiger partial charge in [0.25, 0.3) is 0 Å². The van der Waals surface area contributed by atoms with Crippen molar-refractivity contribution in [1.29, 1.82) is 0 Å². The third-order valence-electron chi connectivity index (χ3n) is 5.05. The minimum Gasteiger partial charge on any atom is -0.497 e. The second-order valence-electron chi connectivity index (χ2n) is 8.68. The number of rotatable bonds is 7. The van der Waals surface area contributed by atoms with Crippen LogP contribution in [-0.2, 0) is 4.74 Å². The minimum atomic E-state index is -0.791. The Kier molecular flexibility index (Phi) is 7.91. The molecule has 0 heterocycles. The molecule has 1 N–H and O–H groups in total. The maximum absolute atomic E-state index is 13.1. The van der Waals surface area contributed by atoms with Gasteiger partial charge >= 0.3 is 6.09 Å². The second kappa shape index (κ2) is 10.8. The predicted octanol–water partition coefficient (Wildman–Crippen LogP) is 6.47. The molecule has 3 aromatic carbocycles. The van der Waals surface area contributed by atoms with Crippen molar-refractivity contribution >= 4 is 11.8 Å². The van der Waals surface area contributed by atoms with Gasteiger partial charge in [-0.25, -0.2) is 4.79 Å². The molecule has 0 spiro atoms. The van der Waals surface area contributed by atoms with E-state index in [1.807, 2.05) is 87.5 Å². The summed E-state index contributed by atoms with van der Waals surface area (Å²) in [6, 6.07) is 26.4. The number of amides is 1. The van der Waals surface area contributed by atoms with Crippen molar-refractivity contribution in [2.24, 2.45) is 0 Å². The lowest BCUT2D eigenvalue weighted by molar-refractivity contribution is 0.0596. The quantitative estimate of drug-likeness (QED) is 0.453. The third-order valence-corrected chi connectivity index (χ3v) is 5.05. The molecule has 3 aromatic rings. The number of hydrogen-bond acceptors (Lipinski definition) is 4. The molecule has 0 fully saturated rings. The van der Waals surface area contributed by atoms with Crippen molar-refractivity contribution in [1.82, 2.24) is 0 Å². The summed E-state index contributed by atoms with van der Waals surface area (Å²) in [5, 5.41) is 11.2. The van der Waals surface area contributed by atoms with Crippen LogP contribution in [0.1, 0.15) is 43.9 Å². The smallest absolute Gasteiger partial charge is 0.418 e. The van der Waals surface area contributed by atoms with Crippen LogP contribution in [0.3, 0.4) is 0 Å². The highest BCUT2D eigenvalue weighted by Gasteiger charge is 2.24. The van der Waals surface area contributed by atoms with Crippen LogP contribution in [0.15, 0.2) is 97.2 Å². The van der Waals surface area contributed by atoms with Gasteiger partial charge in [-0.1, -0.05) is 66.7 Å². The average molecular weight is 446 g/mol. The number of benzene rings is 3. The van der Waals surface area contributed by atoms with E-state index < -0.39 is 17.8 Å². The largest absolute Gasteiger partial charge is 0.497 e. The molecule has 0 aromatic heterocycles. The zero-order chi connectivity index (χ0) is 23.8. The molecule has 0 aliphatic heterocycles. The highest BCUT2D eigenvalue weighted by Crippen LogP contribution is 2.33. The molecule has 172 valence electrons. The molecule has 0 radical (unpaired) electrons. The molecular formula is C28H31NO4. The topological polar surface area (TPSA) is 59.0 Å². The Morgan fingerprint density at radius 2 is 1.42 bits per heavy atom. The lowest BCUT2D eigenvalue weighted by atomic mass is 9.89. The number of carbonyl (C=O) groups excluding carboxylic acids is 1. The first-order valence-corrected chi connectivity index (χ1v) is 10.9. The lowest BCUT2D eigenvalue weighted by Gasteiger charge is -2.26. The van der Waals surface area contributed by atoms with Gasteiger partial charge in [0, 0.05) is 12.1 Å². The van der Waals surface area contributed by atoms with Gasteiger partial charge in [-0.3, -0.25) is 4.90 Å². The van der Waals surface area contributed by atoms with Crippen molar-refractivity contribution in [3.8, 4) is 5.75 Å². The molecule has 1 amide bonds. The maximum Gasteiger partial charge on any atom is 0.418 e. The van der Waals surface area contributed by atoms with Crippen LogP contribution < -0.4 is 9.64 Å². The standard InChI is InChI=1S/C28H31NO4/c1-28(2,3)33-27(31)29(23-15-17-24(32-4)18-16-23)20-19-25(21-11-7-5-8-12-21)26(30)22-13-9-6-10-14-22/h5-20,25-26,30H,1-4H3/b20-19+/t25-,26-/m1/s1. The van der Waals surface area contributed by atoms with Crippen LogP contribution in [0, 0.1) is 0 Å². The van der Waals surface area contributed by atoms with Crippen LogP contribution in [0.2, 0.25) is 0 Å². The number of aliphatic hydroxyl groups is 1. The van der Waals surface area contributed by atoms with Gasteiger partial charge in [-0.15, -0.1) is 0 Å². The van der Waals surface area contributed by atoms with Gasteiger partial charge in [0.2, 0.25) is 0 Å². The molecule has 0 saturated carbocycles. The molecule has 5 heteroatoms. The van der Waals surface area contributed by atoms with Crippen molar-refractivity contribution in [2.45, 2.75) is 38.4 Å². The lowest BCUT2D eigenvalue weighted by Crippen LogP contribution is -2.33. The van der Waals surface area contributed by atoms with Crippen LogP contribution in [-0.4, -0.2) is 23.9 Å². The Morgan fingerprint density at radius 3 is 1.94 bits per heavy atom. The van der Waals surface area contributed by atoms with Crippen molar-refractivity contribution < 1.29 is 19.4 Å². The van der Waals surface area contributed by atoms with Gasteiger partial charge in [0.05, 0.1) is 18.9 Å². The number of aliphatic hydroxyl groups excluding tert-OH is 1. The van der Waals surface area contributed by atoms with Crippen LogP contribution in [0.25, 0.3) is 0 Å². The molecule has 0 unspecified atom stereocenters. The SMILES string of the molecule is COc1ccc(N(/C=C/[C@H](c2ccccc2)[C@H](O)c2ccccc2)C(=O)OC(C)(C)C)cc1. The van der Waals surface area contributed by atoms with Gasteiger partial charge < -0.3 is 14.6 Å². The fraction of sp³-hybridized carbons (Fsp3) is 0.250. The molecule has 0 bridgehead atoms. The first kappa shape index (κ1) is 24.1. The number of nitrogens with zero attached hydrogens (tertiary/aromatic N) is 1. The van der Waals surface area contributed by atoms with E-state index in [4.69, 9.17) is 9.47 Å².